The van der Waals surface area contributed by atoms with Gasteiger partial charge in [-0.3, -0.25) is 0 Å². The van der Waals surface area contributed by atoms with Gasteiger partial charge in [-0.25, -0.2) is 0 Å². The topological polar surface area (TPSA) is 39.7 Å². The summed E-state index contributed by atoms with van der Waals surface area (Å²) in [6.07, 6.45) is 0. The molecule has 1 unspecified atom stereocenters. The number of hydrogen-bond acceptors (Lipinski definition) is 4. The maximum atomic E-state index is 5.61. The first kappa shape index (κ1) is 15.6. The molecule has 0 spiro atoms. The molecule has 0 amide bonds. The SMILES string of the molecule is CCOc1ccc(OCC)c(NCC(C)COC)c1. The average Bonchev–Trinajstić information content (AvgIpc) is 2.40. The summed E-state index contributed by atoms with van der Waals surface area (Å²) in [6, 6.07) is 5.85. The third kappa shape index (κ3) is 5.39. The Kier molecular flexibility index (Phi) is 7.11. The van der Waals surface area contributed by atoms with Crippen molar-refractivity contribution in [2.24, 2.45) is 5.92 Å². The highest BCUT2D eigenvalue weighted by Crippen LogP contribution is 2.29. The lowest BCUT2D eigenvalue weighted by molar-refractivity contribution is 0.164. The van der Waals surface area contributed by atoms with E-state index in [0.717, 1.165) is 30.3 Å². The fourth-order valence-corrected chi connectivity index (χ4v) is 1.81. The van der Waals surface area contributed by atoms with Crippen LogP contribution in [0, 0.1) is 5.92 Å². The zero-order valence-electron chi connectivity index (χ0n) is 12.4. The van der Waals surface area contributed by atoms with Crippen molar-refractivity contribution in [3.8, 4) is 11.5 Å². The van der Waals surface area contributed by atoms with Crippen LogP contribution in [0.1, 0.15) is 20.8 Å². The molecule has 0 saturated heterocycles. The second-order valence-corrected chi connectivity index (χ2v) is 4.47. The normalized spacial score (nSPS) is 12.0. The van der Waals surface area contributed by atoms with Crippen LogP contribution in [0.15, 0.2) is 18.2 Å². The van der Waals surface area contributed by atoms with E-state index >= 15 is 0 Å². The monoisotopic (exact) mass is 267 g/mol. The highest BCUT2D eigenvalue weighted by Gasteiger charge is 2.07. The molecule has 0 heterocycles. The Morgan fingerprint density at radius 3 is 2.53 bits per heavy atom. The summed E-state index contributed by atoms with van der Waals surface area (Å²) in [4.78, 5) is 0. The van der Waals surface area contributed by atoms with Crippen molar-refractivity contribution in [2.45, 2.75) is 20.8 Å². The first-order valence-corrected chi connectivity index (χ1v) is 6.83. The smallest absolute Gasteiger partial charge is 0.142 e. The largest absolute Gasteiger partial charge is 0.494 e. The number of rotatable bonds is 9. The first-order chi connectivity index (χ1) is 9.21. The molecule has 1 rings (SSSR count). The van der Waals surface area contributed by atoms with E-state index in [9.17, 15) is 0 Å². The van der Waals surface area contributed by atoms with Crippen LogP contribution in [0.3, 0.4) is 0 Å². The number of nitrogens with one attached hydrogen (secondary N) is 1. The van der Waals surface area contributed by atoms with Gasteiger partial charge in [0, 0.05) is 19.7 Å². The Bertz CT molecular complexity index is 368. The third-order valence-corrected chi connectivity index (χ3v) is 2.65. The van der Waals surface area contributed by atoms with E-state index in [1.807, 2.05) is 32.0 Å². The van der Waals surface area contributed by atoms with E-state index < -0.39 is 0 Å². The number of methoxy groups -OCH3 is 1. The summed E-state index contributed by atoms with van der Waals surface area (Å²) < 4.78 is 16.3. The van der Waals surface area contributed by atoms with Gasteiger partial charge < -0.3 is 19.5 Å². The predicted molar refractivity (Wildman–Crippen MR) is 78.3 cm³/mol. The van der Waals surface area contributed by atoms with Gasteiger partial charge in [0.1, 0.15) is 11.5 Å². The highest BCUT2D eigenvalue weighted by molar-refractivity contribution is 5.59. The van der Waals surface area contributed by atoms with E-state index in [1.165, 1.54) is 0 Å². The number of benzene rings is 1. The second-order valence-electron chi connectivity index (χ2n) is 4.47. The molecule has 19 heavy (non-hydrogen) atoms. The van der Waals surface area contributed by atoms with E-state index in [-0.39, 0.29) is 0 Å². The van der Waals surface area contributed by atoms with Crippen LogP contribution in [0.25, 0.3) is 0 Å². The lowest BCUT2D eigenvalue weighted by Crippen LogP contribution is -2.16. The number of ether oxygens (including phenoxy) is 3. The van der Waals surface area contributed by atoms with E-state index in [4.69, 9.17) is 14.2 Å². The molecule has 1 atom stereocenters. The Balaban J connectivity index is 2.72. The number of hydrogen-bond donors (Lipinski definition) is 1. The standard InChI is InChI=1S/C15H25NO3/c1-5-18-13-7-8-15(19-6-2)14(9-13)16-10-12(3)11-17-4/h7-9,12,16H,5-6,10-11H2,1-4H3. The summed E-state index contributed by atoms with van der Waals surface area (Å²) in [6.45, 7) is 8.98. The quantitative estimate of drug-likeness (QED) is 0.746. The van der Waals surface area contributed by atoms with Gasteiger partial charge in [0.05, 0.1) is 25.5 Å². The molecule has 0 aromatic heterocycles. The molecule has 1 aromatic rings. The van der Waals surface area contributed by atoms with Crippen LogP contribution in [-0.2, 0) is 4.74 Å². The Morgan fingerprint density at radius 2 is 1.89 bits per heavy atom. The van der Waals surface area contributed by atoms with Crippen molar-refractivity contribution in [2.75, 3.05) is 38.8 Å². The fraction of sp³-hybridized carbons (Fsp3) is 0.600. The van der Waals surface area contributed by atoms with Gasteiger partial charge >= 0.3 is 0 Å². The highest BCUT2D eigenvalue weighted by atomic mass is 16.5. The van der Waals surface area contributed by atoms with Crippen LogP contribution >= 0.6 is 0 Å². The summed E-state index contributed by atoms with van der Waals surface area (Å²) in [5.41, 5.74) is 0.968. The summed E-state index contributed by atoms with van der Waals surface area (Å²) in [5.74, 6) is 2.15. The molecule has 0 aliphatic rings. The molecule has 0 bridgehead atoms. The Hall–Kier alpha value is -1.42. The maximum Gasteiger partial charge on any atom is 0.142 e. The fourth-order valence-electron chi connectivity index (χ4n) is 1.81. The van der Waals surface area contributed by atoms with Gasteiger partial charge in [-0.1, -0.05) is 6.92 Å². The summed E-state index contributed by atoms with van der Waals surface area (Å²) in [5, 5.41) is 3.40. The minimum absolute atomic E-state index is 0.440. The van der Waals surface area contributed by atoms with Crippen LogP contribution < -0.4 is 14.8 Å². The summed E-state index contributed by atoms with van der Waals surface area (Å²) >= 11 is 0. The molecule has 0 aliphatic carbocycles. The maximum absolute atomic E-state index is 5.61. The Labute approximate surface area is 116 Å². The zero-order chi connectivity index (χ0) is 14.1. The molecule has 0 fully saturated rings. The molecule has 0 radical (unpaired) electrons. The molecule has 0 aliphatic heterocycles. The van der Waals surface area contributed by atoms with E-state index in [0.29, 0.717) is 19.1 Å². The van der Waals surface area contributed by atoms with E-state index in [1.54, 1.807) is 7.11 Å². The van der Waals surface area contributed by atoms with Crippen molar-refractivity contribution in [3.05, 3.63) is 18.2 Å². The van der Waals surface area contributed by atoms with Crippen molar-refractivity contribution in [1.29, 1.82) is 0 Å². The molecular formula is C15H25NO3. The van der Waals surface area contributed by atoms with Gasteiger partial charge in [-0.15, -0.1) is 0 Å². The summed E-state index contributed by atoms with van der Waals surface area (Å²) in [7, 11) is 1.72. The lowest BCUT2D eigenvalue weighted by atomic mass is 10.2. The van der Waals surface area contributed by atoms with Crippen molar-refractivity contribution in [3.63, 3.8) is 0 Å². The van der Waals surface area contributed by atoms with Gasteiger partial charge in [0.15, 0.2) is 0 Å². The molecule has 4 heteroatoms. The second kappa shape index (κ2) is 8.64. The van der Waals surface area contributed by atoms with Crippen LogP contribution in [0.4, 0.5) is 5.69 Å². The van der Waals surface area contributed by atoms with Crippen LogP contribution in [-0.4, -0.2) is 33.5 Å². The minimum atomic E-state index is 0.440. The first-order valence-electron chi connectivity index (χ1n) is 6.83. The molecule has 108 valence electrons. The Morgan fingerprint density at radius 1 is 1.16 bits per heavy atom. The third-order valence-electron chi connectivity index (χ3n) is 2.65. The van der Waals surface area contributed by atoms with Crippen LogP contribution in [0.2, 0.25) is 0 Å². The predicted octanol–water partition coefficient (Wildman–Crippen LogP) is 3.18. The molecular weight excluding hydrogens is 242 g/mol. The van der Waals surface area contributed by atoms with Gasteiger partial charge in [-0.05, 0) is 31.9 Å². The zero-order valence-corrected chi connectivity index (χ0v) is 12.4. The van der Waals surface area contributed by atoms with Crippen LogP contribution in [0.5, 0.6) is 11.5 Å². The molecule has 0 saturated carbocycles. The molecule has 1 aromatic carbocycles. The van der Waals surface area contributed by atoms with Crippen molar-refractivity contribution < 1.29 is 14.2 Å². The van der Waals surface area contributed by atoms with Gasteiger partial charge in [-0.2, -0.15) is 0 Å². The number of anilines is 1. The minimum Gasteiger partial charge on any atom is -0.494 e. The lowest BCUT2D eigenvalue weighted by Gasteiger charge is -2.16. The molecule has 1 N–H and O–H groups in total. The van der Waals surface area contributed by atoms with Gasteiger partial charge in [0.25, 0.3) is 0 Å². The average molecular weight is 267 g/mol. The van der Waals surface area contributed by atoms with E-state index in [2.05, 4.69) is 12.2 Å². The van der Waals surface area contributed by atoms with Gasteiger partial charge in [0.2, 0.25) is 0 Å². The van der Waals surface area contributed by atoms with Crippen molar-refractivity contribution >= 4 is 5.69 Å². The molecule has 4 nitrogen and oxygen atoms in total. The van der Waals surface area contributed by atoms with Crippen molar-refractivity contribution in [1.82, 2.24) is 0 Å².